The van der Waals surface area contributed by atoms with Crippen LogP contribution in [0.2, 0.25) is 0 Å². The second kappa shape index (κ2) is 6.54. The van der Waals surface area contributed by atoms with Crippen LogP contribution in [0.15, 0.2) is 30.3 Å². The summed E-state index contributed by atoms with van der Waals surface area (Å²) in [6.45, 7) is 0.906. The Balaban J connectivity index is 1.84. The van der Waals surface area contributed by atoms with Gasteiger partial charge in [-0.3, -0.25) is 4.90 Å². The Kier molecular flexibility index (Phi) is 4.76. The maximum absolute atomic E-state index is 11.2. The van der Waals surface area contributed by atoms with E-state index in [4.69, 9.17) is 9.47 Å². The van der Waals surface area contributed by atoms with Gasteiger partial charge >= 0.3 is 6.09 Å². The van der Waals surface area contributed by atoms with Gasteiger partial charge in [-0.2, -0.15) is 0 Å². The van der Waals surface area contributed by atoms with Crippen LogP contribution in [0.25, 0.3) is 0 Å². The van der Waals surface area contributed by atoms with Crippen LogP contribution in [0.3, 0.4) is 0 Å². The van der Waals surface area contributed by atoms with Crippen molar-refractivity contribution < 1.29 is 19.4 Å². The minimum Gasteiger partial charge on any atom is -0.465 e. The number of amides is 1. The highest BCUT2D eigenvalue weighted by Crippen LogP contribution is 2.25. The van der Waals surface area contributed by atoms with Crippen molar-refractivity contribution in [3.05, 3.63) is 35.9 Å². The van der Waals surface area contributed by atoms with E-state index in [1.54, 1.807) is 0 Å². The third-order valence-corrected chi connectivity index (χ3v) is 3.37. The van der Waals surface area contributed by atoms with E-state index in [0.717, 1.165) is 18.4 Å². The van der Waals surface area contributed by atoms with Gasteiger partial charge in [0, 0.05) is 7.11 Å². The molecule has 0 spiro atoms. The molecule has 1 heterocycles. The van der Waals surface area contributed by atoms with Gasteiger partial charge in [0.15, 0.2) is 0 Å². The van der Waals surface area contributed by atoms with E-state index in [2.05, 4.69) is 0 Å². The van der Waals surface area contributed by atoms with Gasteiger partial charge in [0.2, 0.25) is 0 Å². The Labute approximate surface area is 112 Å². The molecule has 5 heteroatoms. The third kappa shape index (κ3) is 3.45. The first-order valence-corrected chi connectivity index (χ1v) is 6.38. The van der Waals surface area contributed by atoms with Crippen molar-refractivity contribution in [3.63, 3.8) is 0 Å². The number of benzene rings is 1. The number of hydrogen-bond donors (Lipinski definition) is 1. The zero-order chi connectivity index (χ0) is 13.7. The predicted octanol–water partition coefficient (Wildman–Crippen LogP) is 2.32. The summed E-state index contributed by atoms with van der Waals surface area (Å²) < 4.78 is 10.8. The Morgan fingerprint density at radius 1 is 1.37 bits per heavy atom. The van der Waals surface area contributed by atoms with Crippen molar-refractivity contribution in [2.24, 2.45) is 0 Å². The Morgan fingerprint density at radius 3 is 2.74 bits per heavy atom. The summed E-state index contributed by atoms with van der Waals surface area (Å²) in [6.07, 6.45) is 0.211. The van der Waals surface area contributed by atoms with Crippen molar-refractivity contribution in [1.29, 1.82) is 0 Å². The molecular weight excluding hydrogens is 246 g/mol. The lowest BCUT2D eigenvalue weighted by Gasteiger charge is -2.26. The van der Waals surface area contributed by atoms with Gasteiger partial charge in [-0.1, -0.05) is 30.3 Å². The van der Waals surface area contributed by atoms with Gasteiger partial charge in [-0.05, 0) is 18.4 Å². The standard InChI is InChI=1S/C14H19NO4/c1-18-13-8-7-12(15(13)14(16)17)10-19-9-11-5-3-2-4-6-11/h2-6,12-13H,7-10H2,1H3,(H,16,17)/t12-,13?/m0/s1. The van der Waals surface area contributed by atoms with Gasteiger partial charge in [0.25, 0.3) is 0 Å². The quantitative estimate of drug-likeness (QED) is 0.887. The molecular formula is C14H19NO4. The monoisotopic (exact) mass is 265 g/mol. The molecule has 1 saturated heterocycles. The van der Waals surface area contributed by atoms with Crippen LogP contribution in [-0.4, -0.2) is 42.1 Å². The highest BCUT2D eigenvalue weighted by molar-refractivity contribution is 5.66. The molecule has 1 N–H and O–H groups in total. The maximum atomic E-state index is 11.2. The molecule has 0 saturated carbocycles. The van der Waals surface area contributed by atoms with Gasteiger partial charge in [-0.15, -0.1) is 0 Å². The fourth-order valence-electron chi connectivity index (χ4n) is 2.41. The predicted molar refractivity (Wildman–Crippen MR) is 69.8 cm³/mol. The van der Waals surface area contributed by atoms with Crippen LogP contribution >= 0.6 is 0 Å². The van der Waals surface area contributed by atoms with Crippen LogP contribution in [0.1, 0.15) is 18.4 Å². The number of rotatable bonds is 5. The Morgan fingerprint density at radius 2 is 2.11 bits per heavy atom. The molecule has 1 aromatic carbocycles. The first kappa shape index (κ1) is 13.8. The van der Waals surface area contributed by atoms with Crippen LogP contribution in [0, 0.1) is 0 Å². The van der Waals surface area contributed by atoms with Gasteiger partial charge in [0.05, 0.1) is 19.3 Å². The van der Waals surface area contributed by atoms with E-state index in [0.29, 0.717) is 13.2 Å². The lowest BCUT2D eigenvalue weighted by Crippen LogP contribution is -2.43. The molecule has 0 bridgehead atoms. The Hall–Kier alpha value is -1.59. The third-order valence-electron chi connectivity index (χ3n) is 3.37. The van der Waals surface area contributed by atoms with E-state index >= 15 is 0 Å². The van der Waals surface area contributed by atoms with Crippen LogP contribution in [0.5, 0.6) is 0 Å². The van der Waals surface area contributed by atoms with Crippen LogP contribution < -0.4 is 0 Å². The van der Waals surface area contributed by atoms with Crippen molar-refractivity contribution in [2.75, 3.05) is 13.7 Å². The molecule has 1 fully saturated rings. The molecule has 1 aliphatic rings. The fraction of sp³-hybridized carbons (Fsp3) is 0.500. The van der Waals surface area contributed by atoms with Crippen molar-refractivity contribution in [1.82, 2.24) is 4.90 Å². The normalized spacial score (nSPS) is 22.7. The van der Waals surface area contributed by atoms with Gasteiger partial charge < -0.3 is 14.6 Å². The molecule has 0 radical (unpaired) electrons. The van der Waals surface area contributed by atoms with Gasteiger partial charge in [-0.25, -0.2) is 4.79 Å². The van der Waals surface area contributed by atoms with Crippen molar-refractivity contribution in [2.45, 2.75) is 31.7 Å². The lowest BCUT2D eigenvalue weighted by molar-refractivity contribution is -0.0256. The fourth-order valence-corrected chi connectivity index (χ4v) is 2.41. The molecule has 1 unspecified atom stereocenters. The molecule has 5 nitrogen and oxygen atoms in total. The minimum atomic E-state index is -0.947. The van der Waals surface area contributed by atoms with E-state index in [-0.39, 0.29) is 12.3 Å². The number of ether oxygens (including phenoxy) is 2. The minimum absolute atomic E-state index is 0.119. The molecule has 19 heavy (non-hydrogen) atoms. The first-order chi connectivity index (χ1) is 9.22. The number of carboxylic acid groups (broad SMARTS) is 1. The smallest absolute Gasteiger partial charge is 0.409 e. The largest absolute Gasteiger partial charge is 0.465 e. The molecule has 104 valence electrons. The average molecular weight is 265 g/mol. The summed E-state index contributed by atoms with van der Waals surface area (Å²) in [5.74, 6) is 0. The van der Waals surface area contributed by atoms with Crippen LogP contribution in [0.4, 0.5) is 4.79 Å². The molecule has 1 aromatic rings. The lowest BCUT2D eigenvalue weighted by atomic mass is 10.2. The summed E-state index contributed by atoms with van der Waals surface area (Å²) in [4.78, 5) is 12.6. The molecule has 0 aromatic heterocycles. The summed E-state index contributed by atoms with van der Waals surface area (Å²) in [7, 11) is 1.54. The van der Waals surface area contributed by atoms with E-state index in [9.17, 15) is 9.90 Å². The summed E-state index contributed by atoms with van der Waals surface area (Å²) >= 11 is 0. The zero-order valence-corrected chi connectivity index (χ0v) is 11.0. The highest BCUT2D eigenvalue weighted by atomic mass is 16.5. The number of nitrogens with zero attached hydrogens (tertiary/aromatic N) is 1. The Bertz CT molecular complexity index is 409. The van der Waals surface area contributed by atoms with E-state index in [1.165, 1.54) is 12.0 Å². The molecule has 2 atom stereocenters. The van der Waals surface area contributed by atoms with Crippen LogP contribution in [-0.2, 0) is 16.1 Å². The van der Waals surface area contributed by atoms with Crippen molar-refractivity contribution in [3.8, 4) is 0 Å². The number of carbonyl (C=O) groups is 1. The van der Waals surface area contributed by atoms with E-state index < -0.39 is 6.09 Å². The highest BCUT2D eigenvalue weighted by Gasteiger charge is 2.37. The SMILES string of the molecule is COC1CC[C@@H](COCc2ccccc2)N1C(=O)O. The first-order valence-electron chi connectivity index (χ1n) is 6.38. The molecule has 1 aliphatic heterocycles. The van der Waals surface area contributed by atoms with Crippen molar-refractivity contribution >= 4 is 6.09 Å². The van der Waals surface area contributed by atoms with E-state index in [1.807, 2.05) is 30.3 Å². The average Bonchev–Trinajstić information content (AvgIpc) is 2.83. The number of hydrogen-bond acceptors (Lipinski definition) is 3. The molecule has 1 amide bonds. The summed E-state index contributed by atoms with van der Waals surface area (Å²) in [5, 5.41) is 9.19. The topological polar surface area (TPSA) is 59.0 Å². The molecule has 0 aliphatic carbocycles. The number of methoxy groups -OCH3 is 1. The summed E-state index contributed by atoms with van der Waals surface area (Å²) in [5.41, 5.74) is 1.09. The number of likely N-dealkylation sites (tertiary alicyclic amines) is 1. The zero-order valence-electron chi connectivity index (χ0n) is 11.0. The second-order valence-corrected chi connectivity index (χ2v) is 4.61. The summed E-state index contributed by atoms with van der Waals surface area (Å²) in [6, 6.07) is 9.72. The van der Waals surface area contributed by atoms with Gasteiger partial charge in [0.1, 0.15) is 6.23 Å². The maximum Gasteiger partial charge on any atom is 0.409 e. The molecule has 2 rings (SSSR count). The second-order valence-electron chi connectivity index (χ2n) is 4.61.